The van der Waals surface area contributed by atoms with Crippen LogP contribution in [-0.4, -0.2) is 29.7 Å². The van der Waals surface area contributed by atoms with Crippen LogP contribution >= 0.6 is 0 Å². The van der Waals surface area contributed by atoms with E-state index < -0.39 is 24.1 Å². The van der Waals surface area contributed by atoms with Crippen LogP contribution in [0.2, 0.25) is 0 Å². The van der Waals surface area contributed by atoms with E-state index in [1.807, 2.05) is 13.0 Å². The van der Waals surface area contributed by atoms with Crippen LogP contribution in [0, 0.1) is 6.92 Å². The average Bonchev–Trinajstić information content (AvgIpc) is 2.40. The maximum Gasteiger partial charge on any atom is 0.321 e. The van der Waals surface area contributed by atoms with Crippen LogP contribution in [0.5, 0.6) is 5.75 Å². The van der Waals surface area contributed by atoms with Crippen molar-refractivity contribution in [2.24, 2.45) is 0 Å². The second-order valence-corrected chi connectivity index (χ2v) is 4.83. The molecule has 0 aliphatic heterocycles. The summed E-state index contributed by atoms with van der Waals surface area (Å²) in [6, 6.07) is 4.77. The van der Waals surface area contributed by atoms with Crippen LogP contribution in [0.15, 0.2) is 18.2 Å². The number of carbonyl (C=O) groups excluding carboxylic acids is 2. The molecule has 3 N–H and O–H groups in total. The van der Waals surface area contributed by atoms with E-state index in [1.165, 1.54) is 0 Å². The number of hydrogen-bond donors (Lipinski definition) is 3. The van der Waals surface area contributed by atoms with Crippen molar-refractivity contribution in [2.75, 3.05) is 6.54 Å². The number of aryl methyl sites for hydroxylation is 1. The Hall–Kier alpha value is -2.08. The van der Waals surface area contributed by atoms with E-state index in [1.54, 1.807) is 32.9 Å². The average molecular weight is 294 g/mol. The molecule has 6 heteroatoms. The minimum absolute atomic E-state index is 0.425. The second kappa shape index (κ2) is 7.64. The van der Waals surface area contributed by atoms with Gasteiger partial charge in [0.25, 0.3) is 5.91 Å². The molecule has 0 aromatic heterocycles. The number of benzene rings is 1. The Kier molecular flexibility index (Phi) is 6.17. The van der Waals surface area contributed by atoms with Gasteiger partial charge >= 0.3 is 6.03 Å². The second-order valence-electron chi connectivity index (χ2n) is 4.83. The lowest BCUT2D eigenvalue weighted by molar-refractivity contribution is -0.126. The molecule has 0 radical (unpaired) electrons. The molecule has 0 saturated carbocycles. The highest BCUT2D eigenvalue weighted by Crippen LogP contribution is 2.27. The van der Waals surface area contributed by atoms with Gasteiger partial charge < -0.3 is 15.2 Å². The third-order valence-electron chi connectivity index (χ3n) is 2.86. The Bertz CT molecular complexity index is 514. The maximum absolute atomic E-state index is 11.8. The van der Waals surface area contributed by atoms with Gasteiger partial charge in [-0.05, 0) is 39.8 Å². The first kappa shape index (κ1) is 17.0. The van der Waals surface area contributed by atoms with Crippen molar-refractivity contribution in [1.29, 1.82) is 0 Å². The third-order valence-corrected chi connectivity index (χ3v) is 2.86. The summed E-state index contributed by atoms with van der Waals surface area (Å²) in [5.41, 5.74) is 1.59. The summed E-state index contributed by atoms with van der Waals surface area (Å²) in [4.78, 5) is 23.1. The van der Waals surface area contributed by atoms with Gasteiger partial charge in [-0.1, -0.05) is 11.6 Å². The molecule has 0 heterocycles. The van der Waals surface area contributed by atoms with E-state index in [0.717, 1.165) is 5.56 Å². The summed E-state index contributed by atoms with van der Waals surface area (Å²) in [7, 11) is 0. The zero-order chi connectivity index (χ0) is 16.0. The van der Waals surface area contributed by atoms with Crippen molar-refractivity contribution in [3.05, 3.63) is 29.3 Å². The molecule has 0 bridgehead atoms. The van der Waals surface area contributed by atoms with Crippen LogP contribution in [0.3, 0.4) is 0 Å². The number of hydrogen-bond acceptors (Lipinski definition) is 4. The van der Waals surface area contributed by atoms with E-state index in [4.69, 9.17) is 4.74 Å². The molecule has 1 aromatic rings. The fraction of sp³-hybridized carbons (Fsp3) is 0.467. The number of imide groups is 1. The van der Waals surface area contributed by atoms with E-state index in [2.05, 4.69) is 10.6 Å². The predicted molar refractivity (Wildman–Crippen MR) is 79.1 cm³/mol. The van der Waals surface area contributed by atoms with Gasteiger partial charge in [-0.25, -0.2) is 4.79 Å². The van der Waals surface area contributed by atoms with E-state index in [9.17, 15) is 14.7 Å². The number of urea groups is 1. The first-order valence-electron chi connectivity index (χ1n) is 6.89. The Labute approximate surface area is 124 Å². The molecule has 6 nitrogen and oxygen atoms in total. The van der Waals surface area contributed by atoms with Crippen LogP contribution in [0.1, 0.15) is 38.0 Å². The quantitative estimate of drug-likeness (QED) is 0.770. The molecule has 0 aliphatic rings. The summed E-state index contributed by atoms with van der Waals surface area (Å²) >= 11 is 0. The smallest absolute Gasteiger partial charge is 0.321 e. The van der Waals surface area contributed by atoms with Gasteiger partial charge in [0.05, 0.1) is 6.10 Å². The van der Waals surface area contributed by atoms with Gasteiger partial charge in [0.15, 0.2) is 6.10 Å². The third kappa shape index (κ3) is 5.07. The standard InChI is InChI=1S/C15H22N2O4/c1-5-16-15(20)17-14(19)11(4)21-13-7-6-9(2)8-12(13)10(3)18/h6-8,10-11,18H,5H2,1-4H3,(H2,16,17,19,20)/t10-,11?/m0/s1. The lowest BCUT2D eigenvalue weighted by Gasteiger charge is -2.18. The number of aliphatic hydroxyl groups excluding tert-OH is 1. The molecule has 0 spiro atoms. The van der Waals surface area contributed by atoms with Gasteiger partial charge in [-0.2, -0.15) is 0 Å². The molecule has 0 aliphatic carbocycles. The summed E-state index contributed by atoms with van der Waals surface area (Å²) < 4.78 is 5.55. The fourth-order valence-electron chi connectivity index (χ4n) is 1.76. The molecule has 21 heavy (non-hydrogen) atoms. The largest absolute Gasteiger partial charge is 0.481 e. The summed E-state index contributed by atoms with van der Waals surface area (Å²) in [5.74, 6) is -0.118. The highest BCUT2D eigenvalue weighted by Gasteiger charge is 2.19. The SMILES string of the molecule is CCNC(=O)NC(=O)C(C)Oc1ccc(C)cc1[C@H](C)O. The lowest BCUT2D eigenvalue weighted by atomic mass is 10.1. The van der Waals surface area contributed by atoms with Crippen LogP contribution in [-0.2, 0) is 4.79 Å². The minimum Gasteiger partial charge on any atom is -0.481 e. The van der Waals surface area contributed by atoms with Crippen LogP contribution < -0.4 is 15.4 Å². The van der Waals surface area contributed by atoms with E-state index in [-0.39, 0.29) is 0 Å². The molecular formula is C15H22N2O4. The van der Waals surface area contributed by atoms with Crippen LogP contribution in [0.25, 0.3) is 0 Å². The van der Waals surface area contributed by atoms with Gasteiger partial charge in [-0.3, -0.25) is 10.1 Å². The van der Waals surface area contributed by atoms with Gasteiger partial charge in [0.1, 0.15) is 5.75 Å². The summed E-state index contributed by atoms with van der Waals surface area (Å²) in [6.45, 7) is 7.26. The maximum atomic E-state index is 11.8. The molecule has 116 valence electrons. The lowest BCUT2D eigenvalue weighted by Crippen LogP contribution is -2.45. The molecule has 3 amide bonds. The molecule has 0 saturated heterocycles. The molecule has 1 rings (SSSR count). The Morgan fingerprint density at radius 1 is 1.33 bits per heavy atom. The number of carbonyl (C=O) groups is 2. The van der Waals surface area contributed by atoms with E-state index in [0.29, 0.717) is 17.9 Å². The van der Waals surface area contributed by atoms with Crippen molar-refractivity contribution in [2.45, 2.75) is 39.9 Å². The number of ether oxygens (including phenoxy) is 1. The highest BCUT2D eigenvalue weighted by molar-refractivity contribution is 5.96. The van der Waals surface area contributed by atoms with Gasteiger partial charge in [0, 0.05) is 12.1 Å². The van der Waals surface area contributed by atoms with Crippen molar-refractivity contribution in [3.8, 4) is 5.75 Å². The summed E-state index contributed by atoms with van der Waals surface area (Å²) in [6.07, 6.45) is -1.56. The van der Waals surface area contributed by atoms with E-state index >= 15 is 0 Å². The first-order chi connectivity index (χ1) is 9.85. The predicted octanol–water partition coefficient (Wildman–Crippen LogP) is 1.66. The molecular weight excluding hydrogens is 272 g/mol. The Morgan fingerprint density at radius 3 is 2.57 bits per heavy atom. The minimum atomic E-state index is -0.854. The number of aliphatic hydroxyl groups is 1. The monoisotopic (exact) mass is 294 g/mol. The molecule has 1 aromatic carbocycles. The topological polar surface area (TPSA) is 87.7 Å². The number of amides is 3. The van der Waals surface area contributed by atoms with Gasteiger partial charge in [-0.15, -0.1) is 0 Å². The zero-order valence-corrected chi connectivity index (χ0v) is 12.8. The number of nitrogens with one attached hydrogen (secondary N) is 2. The van der Waals surface area contributed by atoms with Crippen molar-refractivity contribution >= 4 is 11.9 Å². The van der Waals surface area contributed by atoms with Crippen LogP contribution in [0.4, 0.5) is 4.79 Å². The molecule has 2 atom stereocenters. The van der Waals surface area contributed by atoms with Crippen molar-refractivity contribution < 1.29 is 19.4 Å². The molecule has 1 unspecified atom stereocenters. The Morgan fingerprint density at radius 2 is 2.00 bits per heavy atom. The zero-order valence-electron chi connectivity index (χ0n) is 12.8. The van der Waals surface area contributed by atoms with Gasteiger partial charge in [0.2, 0.25) is 0 Å². The Balaban J connectivity index is 2.76. The van der Waals surface area contributed by atoms with Crippen molar-refractivity contribution in [1.82, 2.24) is 10.6 Å². The van der Waals surface area contributed by atoms with Crippen molar-refractivity contribution in [3.63, 3.8) is 0 Å². The normalized spacial score (nSPS) is 13.2. The molecule has 0 fully saturated rings. The first-order valence-corrected chi connectivity index (χ1v) is 6.89. The number of rotatable bonds is 5. The summed E-state index contributed by atoms with van der Waals surface area (Å²) in [5, 5.41) is 14.4. The highest BCUT2D eigenvalue weighted by atomic mass is 16.5. The fourth-order valence-corrected chi connectivity index (χ4v) is 1.76.